The van der Waals surface area contributed by atoms with Crippen LogP contribution in [0.3, 0.4) is 0 Å². The smallest absolute Gasteiger partial charge is 0.333 e. The molecule has 172 valence electrons. The molecular formula is C25H36O6. The van der Waals surface area contributed by atoms with Crippen molar-refractivity contribution in [2.24, 2.45) is 5.92 Å². The number of benzene rings is 1. The van der Waals surface area contributed by atoms with Gasteiger partial charge < -0.3 is 14.6 Å². The van der Waals surface area contributed by atoms with Crippen molar-refractivity contribution in [3.05, 3.63) is 73.4 Å². The van der Waals surface area contributed by atoms with E-state index in [2.05, 4.69) is 33.6 Å². The van der Waals surface area contributed by atoms with Crippen LogP contribution in [0.2, 0.25) is 0 Å². The molecule has 0 aliphatic heterocycles. The highest BCUT2D eigenvalue weighted by Crippen LogP contribution is 2.12. The molecule has 0 spiro atoms. The highest BCUT2D eigenvalue weighted by Gasteiger charge is 2.07. The molecule has 1 unspecified atom stereocenters. The molecule has 0 fully saturated rings. The highest BCUT2D eigenvalue weighted by molar-refractivity contribution is 5.86. The maximum Gasteiger partial charge on any atom is 0.333 e. The van der Waals surface area contributed by atoms with Crippen LogP contribution in [0, 0.1) is 5.92 Å². The van der Waals surface area contributed by atoms with Crippen LogP contribution in [0.5, 0.6) is 0 Å². The topological polar surface area (TPSA) is 89.9 Å². The van der Waals surface area contributed by atoms with E-state index in [1.165, 1.54) is 18.9 Å². The van der Waals surface area contributed by atoms with Gasteiger partial charge in [-0.15, -0.1) is 0 Å². The molecule has 1 rings (SSSR count). The molecule has 0 saturated carbocycles. The molecule has 0 amide bonds. The summed E-state index contributed by atoms with van der Waals surface area (Å²) in [5, 5.41) is 7.60. The summed E-state index contributed by atoms with van der Waals surface area (Å²) in [5.74, 6) is -1.12. The van der Waals surface area contributed by atoms with Crippen molar-refractivity contribution in [1.29, 1.82) is 0 Å². The second-order valence-electron chi connectivity index (χ2n) is 6.64. The lowest BCUT2D eigenvalue weighted by molar-refractivity contribution is -0.140. The summed E-state index contributed by atoms with van der Waals surface area (Å²) >= 11 is 0. The molecule has 1 N–H and O–H groups in total. The second-order valence-corrected chi connectivity index (χ2v) is 6.64. The molecule has 1 atom stereocenters. The van der Waals surface area contributed by atoms with Crippen molar-refractivity contribution in [3.8, 4) is 0 Å². The van der Waals surface area contributed by atoms with Crippen molar-refractivity contribution in [2.75, 3.05) is 6.61 Å². The first-order chi connectivity index (χ1) is 14.7. The van der Waals surface area contributed by atoms with Crippen LogP contribution in [0.1, 0.15) is 52.0 Å². The molecular weight excluding hydrogens is 396 g/mol. The summed E-state index contributed by atoms with van der Waals surface area (Å²) in [6.45, 7) is 16.6. The van der Waals surface area contributed by atoms with E-state index in [9.17, 15) is 14.4 Å². The lowest BCUT2D eigenvalue weighted by Crippen LogP contribution is -2.12. The normalized spacial score (nSPS) is 10.0. The van der Waals surface area contributed by atoms with E-state index < -0.39 is 5.97 Å². The fraction of sp³-hybridized carbons (Fsp3) is 0.400. The minimum atomic E-state index is -0.981. The molecule has 0 radical (unpaired) electrons. The number of ether oxygens (including phenoxy) is 2. The van der Waals surface area contributed by atoms with Gasteiger partial charge in [-0.2, -0.15) is 0 Å². The number of carboxylic acids is 1. The minimum absolute atomic E-state index is 0.310. The fourth-order valence-electron chi connectivity index (χ4n) is 2.00. The number of aliphatic carboxylic acids is 1. The zero-order valence-corrected chi connectivity index (χ0v) is 19.0. The lowest BCUT2D eigenvalue weighted by atomic mass is 10.0. The molecule has 0 aromatic heterocycles. The van der Waals surface area contributed by atoms with Crippen LogP contribution in [0.4, 0.5) is 0 Å². The molecule has 6 heteroatoms. The van der Waals surface area contributed by atoms with Gasteiger partial charge in [-0.1, -0.05) is 83.2 Å². The predicted octanol–water partition coefficient (Wildman–Crippen LogP) is 5.49. The van der Waals surface area contributed by atoms with Gasteiger partial charge in [-0.25, -0.2) is 14.4 Å². The van der Waals surface area contributed by atoms with Gasteiger partial charge in [0, 0.05) is 17.7 Å². The Morgan fingerprint density at radius 1 is 1.06 bits per heavy atom. The molecule has 0 aliphatic rings. The number of hydrogen-bond donors (Lipinski definition) is 1. The van der Waals surface area contributed by atoms with Crippen molar-refractivity contribution >= 4 is 17.9 Å². The third-order valence-electron chi connectivity index (χ3n) is 3.91. The Balaban J connectivity index is 0. The summed E-state index contributed by atoms with van der Waals surface area (Å²) in [5.41, 5.74) is 1.41. The van der Waals surface area contributed by atoms with E-state index in [0.717, 1.165) is 24.5 Å². The number of carboxylic acid groups (broad SMARTS) is 1. The van der Waals surface area contributed by atoms with E-state index >= 15 is 0 Å². The number of rotatable bonds is 11. The number of hydrogen-bond acceptors (Lipinski definition) is 5. The first-order valence-corrected chi connectivity index (χ1v) is 10.2. The average Bonchev–Trinajstić information content (AvgIpc) is 2.78. The Hall–Kier alpha value is -3.15. The maximum absolute atomic E-state index is 11.0. The minimum Gasteiger partial charge on any atom is -0.478 e. The van der Waals surface area contributed by atoms with E-state index in [0.29, 0.717) is 24.7 Å². The first-order valence-electron chi connectivity index (χ1n) is 10.2. The zero-order valence-electron chi connectivity index (χ0n) is 19.0. The van der Waals surface area contributed by atoms with Gasteiger partial charge in [0.1, 0.15) is 6.61 Å². The van der Waals surface area contributed by atoms with Gasteiger partial charge in [0.15, 0.2) is 0 Å². The third-order valence-corrected chi connectivity index (χ3v) is 3.91. The van der Waals surface area contributed by atoms with E-state index in [1.54, 1.807) is 6.92 Å². The Morgan fingerprint density at radius 3 is 2.06 bits per heavy atom. The highest BCUT2D eigenvalue weighted by atomic mass is 16.5. The lowest BCUT2D eigenvalue weighted by Gasteiger charge is -2.13. The molecule has 6 nitrogen and oxygen atoms in total. The average molecular weight is 433 g/mol. The Kier molecular flexibility index (Phi) is 19.5. The van der Waals surface area contributed by atoms with Gasteiger partial charge in [-0.3, -0.25) is 0 Å². The van der Waals surface area contributed by atoms with Crippen molar-refractivity contribution in [1.82, 2.24) is 0 Å². The number of unbranched alkanes of at least 4 members (excludes halogenated alkanes) is 1. The second kappa shape index (κ2) is 20.1. The van der Waals surface area contributed by atoms with Crippen LogP contribution in [-0.2, 0) is 30.5 Å². The molecule has 0 aliphatic carbocycles. The third kappa shape index (κ3) is 19.9. The molecule has 0 bridgehead atoms. The van der Waals surface area contributed by atoms with Crippen molar-refractivity contribution in [3.63, 3.8) is 0 Å². The van der Waals surface area contributed by atoms with E-state index in [-0.39, 0.29) is 11.9 Å². The quantitative estimate of drug-likeness (QED) is 0.367. The number of carbonyl (C=O) groups excluding carboxylic acids is 2. The van der Waals surface area contributed by atoms with Gasteiger partial charge >= 0.3 is 17.9 Å². The predicted molar refractivity (Wildman–Crippen MR) is 123 cm³/mol. The van der Waals surface area contributed by atoms with Crippen LogP contribution < -0.4 is 0 Å². The van der Waals surface area contributed by atoms with Gasteiger partial charge in [0.25, 0.3) is 0 Å². The largest absolute Gasteiger partial charge is 0.478 e. The van der Waals surface area contributed by atoms with Gasteiger partial charge in [0.2, 0.25) is 0 Å². The Bertz CT molecular complexity index is 679. The fourth-order valence-corrected chi connectivity index (χ4v) is 2.00. The molecule has 1 aromatic carbocycles. The molecule has 1 aromatic rings. The maximum atomic E-state index is 11.0. The molecule has 0 saturated heterocycles. The van der Waals surface area contributed by atoms with E-state index in [1.807, 2.05) is 30.3 Å². The Morgan fingerprint density at radius 2 is 1.65 bits per heavy atom. The molecule has 31 heavy (non-hydrogen) atoms. The van der Waals surface area contributed by atoms with Crippen molar-refractivity contribution < 1.29 is 29.0 Å². The number of esters is 2. The van der Waals surface area contributed by atoms with Crippen LogP contribution >= 0.6 is 0 Å². The number of carbonyl (C=O) groups is 3. The van der Waals surface area contributed by atoms with Gasteiger partial charge in [-0.05, 0) is 24.8 Å². The van der Waals surface area contributed by atoms with Crippen LogP contribution in [-0.4, -0.2) is 29.6 Å². The van der Waals surface area contributed by atoms with Crippen molar-refractivity contribution in [2.45, 2.75) is 53.1 Å². The first kappa shape index (κ1) is 30.0. The zero-order chi connectivity index (χ0) is 24.1. The summed E-state index contributed by atoms with van der Waals surface area (Å²) in [6, 6.07) is 9.55. The van der Waals surface area contributed by atoms with Crippen LogP contribution in [0.15, 0.2) is 67.8 Å². The standard InChI is InChI=1S/C11H12O2.C11H20O2.C3H4O2/c1-9(2)11(12)13-8-10-6-4-3-5-7-10;1-4-7-8-10(5-2)9-13-11(12)6-3;1-2-3(4)5/h3-7H,1,8H2,2H3;6,10H,3-5,7-9H2,1-2H3;2H,1H2,(H,4,5). The summed E-state index contributed by atoms with van der Waals surface area (Å²) in [4.78, 5) is 31.0. The molecule has 0 heterocycles. The monoisotopic (exact) mass is 432 g/mol. The van der Waals surface area contributed by atoms with Gasteiger partial charge in [0.05, 0.1) is 6.61 Å². The van der Waals surface area contributed by atoms with Crippen LogP contribution in [0.25, 0.3) is 0 Å². The summed E-state index contributed by atoms with van der Waals surface area (Å²) < 4.78 is 9.94. The summed E-state index contributed by atoms with van der Waals surface area (Å²) in [7, 11) is 0. The Labute approximate surface area is 186 Å². The van der Waals surface area contributed by atoms with E-state index in [4.69, 9.17) is 14.6 Å². The SMILES string of the molecule is C=C(C)C(=O)OCc1ccccc1.C=CC(=O)O.C=CC(=O)OCC(CC)CCCC. The summed E-state index contributed by atoms with van der Waals surface area (Å²) in [6.07, 6.45) is 6.68.